The van der Waals surface area contributed by atoms with Crippen LogP contribution in [0.1, 0.15) is 62.7 Å². The van der Waals surface area contributed by atoms with Gasteiger partial charge < -0.3 is 5.11 Å². The summed E-state index contributed by atoms with van der Waals surface area (Å²) in [6.45, 7) is 14.7. The van der Waals surface area contributed by atoms with Gasteiger partial charge >= 0.3 is 6.09 Å². The molecule has 2 aromatic carbocycles. The van der Waals surface area contributed by atoms with E-state index in [1.807, 2.05) is 20.8 Å². The predicted molar refractivity (Wildman–Crippen MR) is 159 cm³/mol. The Morgan fingerprint density at radius 1 is 0.973 bits per heavy atom. The molecule has 0 aliphatic heterocycles. The number of hydrogen-bond donors (Lipinski definition) is 1. The second-order valence-electron chi connectivity index (χ2n) is 10.9. The van der Waals surface area contributed by atoms with Crippen LogP contribution in [0, 0.1) is 19.8 Å². The molecule has 6 heteroatoms. The van der Waals surface area contributed by atoms with Crippen LogP contribution in [0.3, 0.4) is 0 Å². The van der Waals surface area contributed by atoms with Crippen molar-refractivity contribution in [2.45, 2.75) is 82.5 Å². The molecule has 198 valence electrons. The van der Waals surface area contributed by atoms with E-state index in [-0.39, 0.29) is 0 Å². The average Bonchev–Trinajstić information content (AvgIpc) is 2.82. The Balaban J connectivity index is 2.21. The third-order valence-electron chi connectivity index (χ3n) is 6.43. The fraction of sp³-hybridized carbons (Fsp3) is 0.419. The first kappa shape index (κ1) is 29.1. The van der Waals surface area contributed by atoms with Crippen molar-refractivity contribution in [1.29, 1.82) is 0 Å². The fourth-order valence-electron chi connectivity index (χ4n) is 4.39. The first-order valence-corrected chi connectivity index (χ1v) is 15.0. The van der Waals surface area contributed by atoms with Crippen LogP contribution in [-0.4, -0.2) is 32.9 Å². The summed E-state index contributed by atoms with van der Waals surface area (Å²) >= 11 is 3.54. The van der Waals surface area contributed by atoms with Gasteiger partial charge in [-0.15, -0.1) is 23.5 Å². The largest absolute Gasteiger partial charge is 0.465 e. The van der Waals surface area contributed by atoms with E-state index in [2.05, 4.69) is 82.5 Å². The zero-order valence-electron chi connectivity index (χ0n) is 23.4. The van der Waals surface area contributed by atoms with Crippen molar-refractivity contribution < 1.29 is 9.90 Å². The predicted octanol–water partition coefficient (Wildman–Crippen LogP) is 8.86. The molecule has 1 amide bonds. The second-order valence-corrected chi connectivity index (χ2v) is 12.9. The first-order chi connectivity index (χ1) is 17.4. The third kappa shape index (κ3) is 7.55. The van der Waals surface area contributed by atoms with Gasteiger partial charge in [-0.05, 0) is 94.2 Å². The van der Waals surface area contributed by atoms with Crippen LogP contribution in [0.2, 0.25) is 0 Å². The number of aromatic nitrogens is 1. The summed E-state index contributed by atoms with van der Waals surface area (Å²) in [4.78, 5) is 21.5. The molecular weight excluding hydrogens is 496 g/mol. The van der Waals surface area contributed by atoms with Gasteiger partial charge in [0.05, 0.1) is 6.54 Å². The summed E-state index contributed by atoms with van der Waals surface area (Å²) in [5, 5.41) is 10.2. The van der Waals surface area contributed by atoms with Gasteiger partial charge in [-0.3, -0.25) is 9.88 Å². The number of aryl methyl sites for hydroxylation is 2. The molecule has 0 bridgehead atoms. The second kappa shape index (κ2) is 12.4. The summed E-state index contributed by atoms with van der Waals surface area (Å²) in [7, 11) is 0. The topological polar surface area (TPSA) is 53.4 Å². The number of nitrogens with zero attached hydrogens (tertiary/aromatic N) is 2. The summed E-state index contributed by atoms with van der Waals surface area (Å²) < 4.78 is 0. The Morgan fingerprint density at radius 3 is 2.08 bits per heavy atom. The van der Waals surface area contributed by atoms with Crippen LogP contribution in [0.4, 0.5) is 4.79 Å². The molecule has 1 heterocycles. The fourth-order valence-corrected chi connectivity index (χ4v) is 5.79. The summed E-state index contributed by atoms with van der Waals surface area (Å²) in [5.41, 5.74) is 7.11. The highest BCUT2D eigenvalue weighted by Crippen LogP contribution is 2.38. The van der Waals surface area contributed by atoms with Crippen molar-refractivity contribution in [3.05, 3.63) is 76.6 Å². The van der Waals surface area contributed by atoms with Crippen LogP contribution in [-0.2, 0) is 18.7 Å². The van der Waals surface area contributed by atoms with Gasteiger partial charge in [0, 0.05) is 38.0 Å². The van der Waals surface area contributed by atoms with Gasteiger partial charge in [-0.1, -0.05) is 43.7 Å². The van der Waals surface area contributed by atoms with Crippen molar-refractivity contribution in [2.24, 2.45) is 5.92 Å². The van der Waals surface area contributed by atoms with E-state index >= 15 is 0 Å². The van der Waals surface area contributed by atoms with Crippen molar-refractivity contribution in [3.8, 4) is 11.1 Å². The number of pyridine rings is 1. The maximum Gasteiger partial charge on any atom is 0.408 e. The molecule has 1 aromatic heterocycles. The van der Waals surface area contributed by atoms with Crippen LogP contribution in [0.15, 0.2) is 58.3 Å². The zero-order chi connectivity index (χ0) is 27.3. The molecule has 0 radical (unpaired) electrons. The number of thioether (sulfide) groups is 2. The average molecular weight is 537 g/mol. The first-order valence-electron chi connectivity index (χ1n) is 12.8. The van der Waals surface area contributed by atoms with Gasteiger partial charge in [0.2, 0.25) is 0 Å². The van der Waals surface area contributed by atoms with Crippen LogP contribution in [0.25, 0.3) is 11.1 Å². The van der Waals surface area contributed by atoms with E-state index in [1.54, 1.807) is 28.4 Å². The van der Waals surface area contributed by atoms with E-state index in [0.29, 0.717) is 12.5 Å². The van der Waals surface area contributed by atoms with E-state index in [0.717, 1.165) is 40.3 Å². The molecule has 0 saturated heterocycles. The molecule has 0 aliphatic carbocycles. The lowest BCUT2D eigenvalue weighted by Crippen LogP contribution is -2.44. The normalized spacial score (nSPS) is 11.7. The quantitative estimate of drug-likeness (QED) is 0.277. The van der Waals surface area contributed by atoms with Crippen LogP contribution < -0.4 is 0 Å². The Kier molecular flexibility index (Phi) is 9.76. The lowest BCUT2D eigenvalue weighted by molar-refractivity contribution is 0.0954. The number of hydrogen-bond acceptors (Lipinski definition) is 4. The summed E-state index contributed by atoms with van der Waals surface area (Å²) in [6, 6.07) is 17.2. The highest BCUT2D eigenvalue weighted by molar-refractivity contribution is 7.99. The zero-order valence-corrected chi connectivity index (χ0v) is 25.0. The number of benzene rings is 2. The standard InChI is InChI=1S/C31H40N2O2S2/c1-20(2)17-28-26(18-33(30(34)35)31(5,6)7)29(23-11-9-21(3)10-12-23)27(22(4)32-28)19-37-25-15-13-24(36-8)14-16-25/h9-16,20H,17-19H2,1-8H3,(H,34,35). The monoisotopic (exact) mass is 536 g/mol. The SMILES string of the molecule is CSc1ccc(SCc2c(C)nc(CC(C)C)c(CN(C(=O)O)C(C)(C)C)c2-c2ccc(C)cc2)cc1. The molecule has 0 fully saturated rings. The maximum atomic E-state index is 12.4. The van der Waals surface area contributed by atoms with E-state index in [4.69, 9.17) is 4.98 Å². The Hall–Kier alpha value is -2.44. The van der Waals surface area contributed by atoms with E-state index in [9.17, 15) is 9.90 Å². The minimum absolute atomic E-state index is 0.303. The Bertz CT molecular complexity index is 1210. The van der Waals surface area contributed by atoms with E-state index in [1.165, 1.54) is 20.9 Å². The van der Waals surface area contributed by atoms with Crippen molar-refractivity contribution >= 4 is 29.6 Å². The molecule has 0 spiro atoms. The number of rotatable bonds is 9. The minimum Gasteiger partial charge on any atom is -0.465 e. The molecule has 3 rings (SSSR count). The Labute approximate surface area is 231 Å². The summed E-state index contributed by atoms with van der Waals surface area (Å²) in [5.74, 6) is 1.16. The van der Waals surface area contributed by atoms with Crippen molar-refractivity contribution in [3.63, 3.8) is 0 Å². The third-order valence-corrected chi connectivity index (χ3v) is 8.21. The van der Waals surface area contributed by atoms with Crippen molar-refractivity contribution in [1.82, 2.24) is 9.88 Å². The lowest BCUT2D eigenvalue weighted by atomic mass is 9.89. The molecular formula is C31H40N2O2S2. The molecule has 0 unspecified atom stereocenters. The molecule has 3 aromatic rings. The molecule has 0 aliphatic rings. The minimum atomic E-state index is -0.914. The van der Waals surface area contributed by atoms with E-state index < -0.39 is 11.6 Å². The molecule has 4 nitrogen and oxygen atoms in total. The smallest absolute Gasteiger partial charge is 0.408 e. The number of amides is 1. The van der Waals surface area contributed by atoms with Gasteiger partial charge in [0.25, 0.3) is 0 Å². The number of carboxylic acid groups (broad SMARTS) is 1. The van der Waals surface area contributed by atoms with Crippen LogP contribution in [0.5, 0.6) is 0 Å². The molecule has 0 saturated carbocycles. The summed E-state index contributed by atoms with van der Waals surface area (Å²) in [6.07, 6.45) is 1.97. The molecule has 0 atom stereocenters. The molecule has 1 N–H and O–H groups in total. The van der Waals surface area contributed by atoms with Gasteiger partial charge in [0.1, 0.15) is 0 Å². The van der Waals surface area contributed by atoms with Gasteiger partial charge in [-0.25, -0.2) is 4.79 Å². The lowest BCUT2D eigenvalue weighted by Gasteiger charge is -2.35. The Morgan fingerprint density at radius 2 is 1.57 bits per heavy atom. The highest BCUT2D eigenvalue weighted by atomic mass is 32.2. The van der Waals surface area contributed by atoms with Gasteiger partial charge in [0.15, 0.2) is 0 Å². The van der Waals surface area contributed by atoms with Gasteiger partial charge in [-0.2, -0.15) is 0 Å². The highest BCUT2D eigenvalue weighted by Gasteiger charge is 2.30. The number of carbonyl (C=O) groups is 1. The van der Waals surface area contributed by atoms with Crippen LogP contribution >= 0.6 is 23.5 Å². The van der Waals surface area contributed by atoms with Crippen molar-refractivity contribution in [2.75, 3.05) is 6.26 Å². The molecule has 37 heavy (non-hydrogen) atoms. The maximum absolute atomic E-state index is 12.4.